The monoisotopic (exact) mass is 211 g/mol. The van der Waals surface area contributed by atoms with Crippen LogP contribution >= 0.6 is 0 Å². The minimum atomic E-state index is 0.222. The molecule has 2 rings (SSSR count). The van der Waals surface area contributed by atoms with E-state index < -0.39 is 0 Å². The first-order chi connectivity index (χ1) is 7.29. The van der Waals surface area contributed by atoms with Gasteiger partial charge in [0.2, 0.25) is 5.91 Å². The maximum absolute atomic E-state index is 12.2. The molecular formula is C11H21N3O. The molecule has 0 radical (unpaired) electrons. The van der Waals surface area contributed by atoms with E-state index in [4.69, 9.17) is 0 Å². The van der Waals surface area contributed by atoms with Gasteiger partial charge in [-0.05, 0) is 26.3 Å². The molecule has 15 heavy (non-hydrogen) atoms. The fourth-order valence-electron chi connectivity index (χ4n) is 2.47. The Kier molecular flexibility index (Phi) is 3.59. The Balaban J connectivity index is 1.92. The number of piperidine rings is 1. The van der Waals surface area contributed by atoms with Gasteiger partial charge >= 0.3 is 0 Å². The predicted octanol–water partition coefficient (Wildman–Crippen LogP) is -0.194. The van der Waals surface area contributed by atoms with E-state index in [1.54, 1.807) is 0 Å². The molecule has 0 saturated carbocycles. The number of piperazine rings is 1. The Hall–Kier alpha value is -0.610. The summed E-state index contributed by atoms with van der Waals surface area (Å²) >= 11 is 0. The lowest BCUT2D eigenvalue weighted by Gasteiger charge is -2.37. The Morgan fingerprint density at radius 1 is 1.27 bits per heavy atom. The van der Waals surface area contributed by atoms with Crippen molar-refractivity contribution < 1.29 is 4.79 Å². The van der Waals surface area contributed by atoms with E-state index >= 15 is 0 Å². The van der Waals surface area contributed by atoms with Crippen molar-refractivity contribution in [1.29, 1.82) is 0 Å². The largest absolute Gasteiger partial charge is 0.337 e. The molecule has 2 saturated heterocycles. The molecule has 0 spiro atoms. The van der Waals surface area contributed by atoms with Gasteiger partial charge in [0.15, 0.2) is 0 Å². The van der Waals surface area contributed by atoms with Gasteiger partial charge in [0, 0.05) is 32.2 Å². The molecular weight excluding hydrogens is 190 g/mol. The quantitative estimate of drug-likeness (QED) is 0.632. The Labute approximate surface area is 91.4 Å². The van der Waals surface area contributed by atoms with Gasteiger partial charge in [-0.25, -0.2) is 0 Å². The Morgan fingerprint density at radius 3 is 2.73 bits per heavy atom. The maximum atomic E-state index is 12.2. The average molecular weight is 211 g/mol. The van der Waals surface area contributed by atoms with Crippen molar-refractivity contribution in [2.24, 2.45) is 5.92 Å². The van der Waals surface area contributed by atoms with Crippen molar-refractivity contribution in [2.45, 2.75) is 25.8 Å². The number of hydrogen-bond acceptors (Lipinski definition) is 3. The van der Waals surface area contributed by atoms with Gasteiger partial charge < -0.3 is 15.5 Å². The zero-order chi connectivity index (χ0) is 10.7. The van der Waals surface area contributed by atoms with Crippen LogP contribution in [0, 0.1) is 5.92 Å². The molecule has 2 atom stereocenters. The molecule has 0 aromatic carbocycles. The fourth-order valence-corrected chi connectivity index (χ4v) is 2.47. The molecule has 0 bridgehead atoms. The van der Waals surface area contributed by atoms with E-state index in [2.05, 4.69) is 17.6 Å². The van der Waals surface area contributed by atoms with Crippen LogP contribution in [-0.2, 0) is 4.79 Å². The zero-order valence-corrected chi connectivity index (χ0v) is 9.46. The van der Waals surface area contributed by atoms with Crippen molar-refractivity contribution in [2.75, 3.05) is 32.7 Å². The molecule has 4 heteroatoms. The van der Waals surface area contributed by atoms with Crippen LogP contribution in [0.15, 0.2) is 0 Å². The first-order valence-electron chi connectivity index (χ1n) is 6.01. The number of rotatable bonds is 1. The topological polar surface area (TPSA) is 44.4 Å². The highest BCUT2D eigenvalue weighted by molar-refractivity contribution is 5.79. The molecule has 86 valence electrons. The van der Waals surface area contributed by atoms with Crippen molar-refractivity contribution in [3.05, 3.63) is 0 Å². The number of carbonyl (C=O) groups excluding carboxylic acids is 1. The molecule has 2 aliphatic heterocycles. The molecule has 1 unspecified atom stereocenters. The zero-order valence-electron chi connectivity index (χ0n) is 9.46. The highest BCUT2D eigenvalue weighted by atomic mass is 16.2. The normalized spacial score (nSPS) is 32.7. The molecule has 1 amide bonds. The van der Waals surface area contributed by atoms with Gasteiger partial charge in [-0.15, -0.1) is 0 Å². The molecule has 2 fully saturated rings. The van der Waals surface area contributed by atoms with E-state index in [-0.39, 0.29) is 5.92 Å². The van der Waals surface area contributed by atoms with Crippen molar-refractivity contribution in [1.82, 2.24) is 15.5 Å². The van der Waals surface area contributed by atoms with Gasteiger partial charge in [0.25, 0.3) is 0 Å². The predicted molar refractivity (Wildman–Crippen MR) is 59.6 cm³/mol. The minimum Gasteiger partial charge on any atom is -0.337 e. The maximum Gasteiger partial charge on any atom is 0.227 e. The van der Waals surface area contributed by atoms with Gasteiger partial charge in [0.05, 0.1) is 5.92 Å². The SMILES string of the molecule is CC1CNCCN1C(=O)[C@@H]1CCCNC1. The van der Waals surface area contributed by atoms with E-state index in [0.29, 0.717) is 11.9 Å². The number of nitrogens with one attached hydrogen (secondary N) is 2. The first-order valence-corrected chi connectivity index (χ1v) is 6.01. The van der Waals surface area contributed by atoms with Crippen molar-refractivity contribution in [3.63, 3.8) is 0 Å². The van der Waals surface area contributed by atoms with Crippen LogP contribution in [0.4, 0.5) is 0 Å². The minimum absolute atomic E-state index is 0.222. The molecule has 2 heterocycles. The fraction of sp³-hybridized carbons (Fsp3) is 0.909. The summed E-state index contributed by atoms with van der Waals surface area (Å²) in [6.45, 7) is 6.81. The number of nitrogens with zero attached hydrogens (tertiary/aromatic N) is 1. The van der Waals surface area contributed by atoms with Crippen LogP contribution in [0.2, 0.25) is 0 Å². The lowest BCUT2D eigenvalue weighted by Crippen LogP contribution is -2.55. The lowest BCUT2D eigenvalue weighted by molar-refractivity contribution is -0.138. The highest BCUT2D eigenvalue weighted by Gasteiger charge is 2.29. The van der Waals surface area contributed by atoms with Crippen LogP contribution in [0.5, 0.6) is 0 Å². The highest BCUT2D eigenvalue weighted by Crippen LogP contribution is 2.15. The average Bonchev–Trinajstić information content (AvgIpc) is 2.30. The van der Waals surface area contributed by atoms with E-state index in [9.17, 15) is 4.79 Å². The van der Waals surface area contributed by atoms with Crippen LogP contribution < -0.4 is 10.6 Å². The lowest BCUT2D eigenvalue weighted by atomic mass is 9.97. The van der Waals surface area contributed by atoms with Crippen LogP contribution in [0.25, 0.3) is 0 Å². The summed E-state index contributed by atoms with van der Waals surface area (Å²) in [5.74, 6) is 0.579. The first kappa shape index (κ1) is 10.9. The Morgan fingerprint density at radius 2 is 2.07 bits per heavy atom. The summed E-state index contributed by atoms with van der Waals surface area (Å²) in [4.78, 5) is 14.3. The summed E-state index contributed by atoms with van der Waals surface area (Å²) in [6, 6.07) is 0.355. The van der Waals surface area contributed by atoms with Gasteiger partial charge in [-0.1, -0.05) is 0 Å². The van der Waals surface area contributed by atoms with Crippen LogP contribution in [0.1, 0.15) is 19.8 Å². The second-order valence-corrected chi connectivity index (χ2v) is 4.63. The third-order valence-corrected chi connectivity index (χ3v) is 3.43. The standard InChI is InChI=1S/C11H21N3O/c1-9-7-13-5-6-14(9)11(15)10-3-2-4-12-8-10/h9-10,12-13H,2-8H2,1H3/t9?,10-/m1/s1. The third-order valence-electron chi connectivity index (χ3n) is 3.43. The van der Waals surface area contributed by atoms with Gasteiger partial charge in [-0.2, -0.15) is 0 Å². The molecule has 2 aliphatic rings. The van der Waals surface area contributed by atoms with E-state index in [1.807, 2.05) is 4.90 Å². The van der Waals surface area contributed by atoms with Crippen LogP contribution in [0.3, 0.4) is 0 Å². The summed E-state index contributed by atoms with van der Waals surface area (Å²) in [6.07, 6.45) is 2.19. The van der Waals surface area contributed by atoms with Crippen molar-refractivity contribution in [3.8, 4) is 0 Å². The summed E-state index contributed by atoms with van der Waals surface area (Å²) in [5.41, 5.74) is 0. The Bertz CT molecular complexity index is 226. The molecule has 0 aliphatic carbocycles. The molecule has 2 N–H and O–H groups in total. The third kappa shape index (κ3) is 2.49. The van der Waals surface area contributed by atoms with Crippen LogP contribution in [-0.4, -0.2) is 49.6 Å². The van der Waals surface area contributed by atoms with E-state index in [0.717, 1.165) is 45.6 Å². The second-order valence-electron chi connectivity index (χ2n) is 4.63. The number of amides is 1. The molecule has 0 aromatic heterocycles. The van der Waals surface area contributed by atoms with Crippen molar-refractivity contribution >= 4 is 5.91 Å². The summed E-state index contributed by atoms with van der Waals surface area (Å²) in [5, 5.41) is 6.62. The summed E-state index contributed by atoms with van der Waals surface area (Å²) in [7, 11) is 0. The second kappa shape index (κ2) is 4.94. The molecule has 0 aromatic rings. The van der Waals surface area contributed by atoms with E-state index in [1.165, 1.54) is 0 Å². The smallest absolute Gasteiger partial charge is 0.227 e. The van der Waals surface area contributed by atoms with Gasteiger partial charge in [0.1, 0.15) is 0 Å². The number of hydrogen-bond donors (Lipinski definition) is 2. The van der Waals surface area contributed by atoms with Gasteiger partial charge in [-0.3, -0.25) is 4.79 Å². The molecule has 4 nitrogen and oxygen atoms in total. The number of carbonyl (C=O) groups is 1. The summed E-state index contributed by atoms with van der Waals surface area (Å²) < 4.78 is 0.